The first kappa shape index (κ1) is 15.4. The molecule has 3 heteroatoms. The molecule has 0 aliphatic carbocycles. The van der Waals surface area contributed by atoms with E-state index in [2.05, 4.69) is 24.5 Å². The molecule has 0 saturated heterocycles. The van der Waals surface area contributed by atoms with E-state index < -0.39 is 0 Å². The van der Waals surface area contributed by atoms with Crippen molar-refractivity contribution in [3.63, 3.8) is 0 Å². The number of carbonyl (C=O) groups is 1. The first-order chi connectivity index (χ1) is 7.59. The molecule has 0 aliphatic rings. The third kappa shape index (κ3) is 7.69. The van der Waals surface area contributed by atoms with Gasteiger partial charge in [-0.05, 0) is 32.4 Å². The third-order valence-corrected chi connectivity index (χ3v) is 3.07. The van der Waals surface area contributed by atoms with Crippen LogP contribution in [0.1, 0.15) is 46.5 Å². The average Bonchev–Trinajstić information content (AvgIpc) is 2.26. The molecule has 2 N–H and O–H groups in total. The lowest BCUT2D eigenvalue weighted by atomic mass is 9.97. The fourth-order valence-electron chi connectivity index (χ4n) is 1.46. The maximum Gasteiger partial charge on any atom is 0.223 e. The fourth-order valence-corrected chi connectivity index (χ4v) is 1.46. The molecular formula is C13H28N2O. The van der Waals surface area contributed by atoms with Crippen LogP contribution in [0.3, 0.4) is 0 Å². The number of hydrogen-bond acceptors (Lipinski definition) is 2. The van der Waals surface area contributed by atoms with Crippen LogP contribution >= 0.6 is 0 Å². The highest BCUT2D eigenvalue weighted by Crippen LogP contribution is 2.09. The van der Waals surface area contributed by atoms with Gasteiger partial charge in [0, 0.05) is 12.5 Å². The molecule has 1 atom stereocenters. The summed E-state index contributed by atoms with van der Waals surface area (Å²) < 4.78 is 0. The fraction of sp³-hybridized carbons (Fsp3) is 0.923. The van der Waals surface area contributed by atoms with Crippen LogP contribution in [-0.2, 0) is 4.79 Å². The van der Waals surface area contributed by atoms with Crippen molar-refractivity contribution in [1.82, 2.24) is 10.6 Å². The highest BCUT2D eigenvalue weighted by atomic mass is 16.1. The first-order valence-corrected chi connectivity index (χ1v) is 6.52. The Morgan fingerprint density at radius 2 is 1.56 bits per heavy atom. The normalized spacial score (nSPS) is 12.8. The number of hydrogen-bond donors (Lipinski definition) is 2. The number of amides is 1. The minimum absolute atomic E-state index is 0.129. The predicted octanol–water partition coefficient (Wildman–Crippen LogP) is 2.17. The van der Waals surface area contributed by atoms with Crippen LogP contribution in [0.2, 0.25) is 0 Å². The van der Waals surface area contributed by atoms with E-state index in [4.69, 9.17) is 0 Å². The summed E-state index contributed by atoms with van der Waals surface area (Å²) in [4.78, 5) is 11.6. The van der Waals surface area contributed by atoms with Crippen LogP contribution in [0.15, 0.2) is 0 Å². The van der Waals surface area contributed by atoms with Crippen molar-refractivity contribution in [2.45, 2.75) is 46.5 Å². The van der Waals surface area contributed by atoms with Gasteiger partial charge >= 0.3 is 0 Å². The SMILES string of the molecule is CNCCCCCCNC(=O)[C@@H](C)C(C)C. The second kappa shape index (κ2) is 9.64. The summed E-state index contributed by atoms with van der Waals surface area (Å²) in [6.45, 7) is 8.09. The Morgan fingerprint density at radius 3 is 2.06 bits per heavy atom. The molecular weight excluding hydrogens is 200 g/mol. The van der Waals surface area contributed by atoms with Crippen molar-refractivity contribution in [1.29, 1.82) is 0 Å². The van der Waals surface area contributed by atoms with Gasteiger partial charge in [0.15, 0.2) is 0 Å². The van der Waals surface area contributed by atoms with E-state index in [1.807, 2.05) is 14.0 Å². The molecule has 0 spiro atoms. The molecule has 96 valence electrons. The number of unbranched alkanes of at least 4 members (excludes halogenated alkanes) is 3. The molecule has 0 aliphatic heterocycles. The summed E-state index contributed by atoms with van der Waals surface area (Å²) in [7, 11) is 1.98. The van der Waals surface area contributed by atoms with E-state index in [9.17, 15) is 4.79 Å². The quantitative estimate of drug-likeness (QED) is 0.594. The maximum atomic E-state index is 11.6. The van der Waals surface area contributed by atoms with Gasteiger partial charge in [0.2, 0.25) is 5.91 Å². The van der Waals surface area contributed by atoms with Crippen LogP contribution in [0.25, 0.3) is 0 Å². The standard InChI is InChI=1S/C13H28N2O/c1-11(2)12(3)13(16)15-10-8-6-5-7-9-14-4/h11-12,14H,5-10H2,1-4H3,(H,15,16)/t12-/m0/s1. The lowest BCUT2D eigenvalue weighted by molar-refractivity contribution is -0.125. The predicted molar refractivity (Wildman–Crippen MR) is 69.4 cm³/mol. The van der Waals surface area contributed by atoms with E-state index in [1.165, 1.54) is 19.3 Å². The zero-order valence-electron chi connectivity index (χ0n) is 11.3. The Bertz CT molecular complexity index is 181. The van der Waals surface area contributed by atoms with E-state index in [0.717, 1.165) is 19.5 Å². The molecule has 0 saturated carbocycles. The number of nitrogens with one attached hydrogen (secondary N) is 2. The van der Waals surface area contributed by atoms with E-state index >= 15 is 0 Å². The average molecular weight is 228 g/mol. The highest BCUT2D eigenvalue weighted by molar-refractivity contribution is 5.78. The summed E-state index contributed by atoms with van der Waals surface area (Å²) >= 11 is 0. The van der Waals surface area contributed by atoms with Crippen LogP contribution in [0, 0.1) is 11.8 Å². The van der Waals surface area contributed by atoms with Gasteiger partial charge in [-0.2, -0.15) is 0 Å². The zero-order chi connectivity index (χ0) is 12.4. The monoisotopic (exact) mass is 228 g/mol. The van der Waals surface area contributed by atoms with E-state index in [0.29, 0.717) is 5.92 Å². The van der Waals surface area contributed by atoms with Gasteiger partial charge in [-0.1, -0.05) is 33.6 Å². The zero-order valence-corrected chi connectivity index (χ0v) is 11.3. The summed E-state index contributed by atoms with van der Waals surface area (Å²) in [5.41, 5.74) is 0. The number of carbonyl (C=O) groups excluding carboxylic acids is 1. The van der Waals surface area contributed by atoms with E-state index in [1.54, 1.807) is 0 Å². The largest absolute Gasteiger partial charge is 0.356 e. The smallest absolute Gasteiger partial charge is 0.223 e. The highest BCUT2D eigenvalue weighted by Gasteiger charge is 2.15. The van der Waals surface area contributed by atoms with Gasteiger partial charge in [0.05, 0.1) is 0 Å². The van der Waals surface area contributed by atoms with Crippen molar-refractivity contribution in [2.75, 3.05) is 20.1 Å². The minimum atomic E-state index is 0.129. The van der Waals surface area contributed by atoms with Crippen LogP contribution in [0.4, 0.5) is 0 Å². The molecule has 0 fully saturated rings. The van der Waals surface area contributed by atoms with Gasteiger partial charge in [0.25, 0.3) is 0 Å². The Kier molecular flexibility index (Phi) is 9.30. The second-order valence-corrected chi connectivity index (χ2v) is 4.84. The molecule has 1 amide bonds. The van der Waals surface area contributed by atoms with E-state index in [-0.39, 0.29) is 11.8 Å². The molecule has 16 heavy (non-hydrogen) atoms. The molecule has 3 nitrogen and oxygen atoms in total. The minimum Gasteiger partial charge on any atom is -0.356 e. The van der Waals surface area contributed by atoms with Crippen molar-refractivity contribution in [2.24, 2.45) is 11.8 Å². The van der Waals surface area contributed by atoms with Crippen molar-refractivity contribution < 1.29 is 4.79 Å². The molecule has 0 radical (unpaired) electrons. The molecule has 0 aromatic rings. The summed E-state index contributed by atoms with van der Waals surface area (Å²) in [6, 6.07) is 0. The molecule has 0 aromatic carbocycles. The van der Waals surface area contributed by atoms with Gasteiger partial charge in [-0.3, -0.25) is 4.79 Å². The van der Waals surface area contributed by atoms with Gasteiger partial charge in [0.1, 0.15) is 0 Å². The van der Waals surface area contributed by atoms with Gasteiger partial charge < -0.3 is 10.6 Å². The Hall–Kier alpha value is -0.570. The van der Waals surface area contributed by atoms with Gasteiger partial charge in [-0.25, -0.2) is 0 Å². The molecule has 0 unspecified atom stereocenters. The van der Waals surface area contributed by atoms with Crippen LogP contribution in [0.5, 0.6) is 0 Å². The summed E-state index contributed by atoms with van der Waals surface area (Å²) in [6.07, 6.45) is 4.78. The van der Waals surface area contributed by atoms with Crippen molar-refractivity contribution in [3.05, 3.63) is 0 Å². The summed E-state index contributed by atoms with van der Waals surface area (Å²) in [5, 5.41) is 6.13. The lowest BCUT2D eigenvalue weighted by Crippen LogP contribution is -2.32. The van der Waals surface area contributed by atoms with Crippen molar-refractivity contribution >= 4 is 5.91 Å². The molecule has 0 aromatic heterocycles. The Balaban J connectivity index is 3.34. The third-order valence-electron chi connectivity index (χ3n) is 3.07. The Morgan fingerprint density at radius 1 is 1.00 bits per heavy atom. The van der Waals surface area contributed by atoms with Crippen molar-refractivity contribution in [3.8, 4) is 0 Å². The first-order valence-electron chi connectivity index (χ1n) is 6.52. The number of rotatable bonds is 9. The van der Waals surface area contributed by atoms with Crippen LogP contribution < -0.4 is 10.6 Å². The summed E-state index contributed by atoms with van der Waals surface area (Å²) in [5.74, 6) is 0.755. The Labute approximate surface area is 100 Å². The molecule has 0 heterocycles. The second-order valence-electron chi connectivity index (χ2n) is 4.84. The van der Waals surface area contributed by atoms with Crippen LogP contribution in [-0.4, -0.2) is 26.0 Å². The van der Waals surface area contributed by atoms with Gasteiger partial charge in [-0.15, -0.1) is 0 Å². The topological polar surface area (TPSA) is 41.1 Å². The molecule has 0 bridgehead atoms. The molecule has 0 rings (SSSR count). The lowest BCUT2D eigenvalue weighted by Gasteiger charge is -2.15. The maximum absolute atomic E-state index is 11.6.